The number of fused-ring (bicyclic) bond motifs is 1. The number of rotatable bonds is 6. The molecule has 1 N–H and O–H groups in total. The molecule has 4 aromatic rings. The smallest absolute Gasteiger partial charge is 0.140 e. The highest BCUT2D eigenvalue weighted by Gasteiger charge is 2.13. The van der Waals surface area contributed by atoms with Crippen LogP contribution < -0.4 is 15.0 Å². The highest BCUT2D eigenvalue weighted by molar-refractivity contribution is 5.67. The standard InChI is InChI=1S/C23H24N6O/c1-30-20-6-9-29-21(16-27-23(29)11-20)18-10-19(15-24-14-18)25-12-17-4-5-22(26-13-17)28-7-2-3-8-28/h4-6,9-11,13-16,25H,2-3,7-8,12H2,1H3. The SMILES string of the molecule is COc1ccn2c(-c3cncc(NCc4ccc(N5CCCC5)nc4)c3)cnc2c1. The van der Waals surface area contributed by atoms with E-state index in [1.54, 1.807) is 7.11 Å². The summed E-state index contributed by atoms with van der Waals surface area (Å²) in [5.74, 6) is 1.86. The topological polar surface area (TPSA) is 67.6 Å². The predicted molar refractivity (Wildman–Crippen MR) is 118 cm³/mol. The summed E-state index contributed by atoms with van der Waals surface area (Å²) in [5, 5.41) is 3.45. The Bertz CT molecular complexity index is 1150. The summed E-state index contributed by atoms with van der Waals surface area (Å²) in [6.07, 6.45) is 12.0. The first-order valence-corrected chi connectivity index (χ1v) is 10.2. The summed E-state index contributed by atoms with van der Waals surface area (Å²) in [4.78, 5) is 15.9. The van der Waals surface area contributed by atoms with Gasteiger partial charge < -0.3 is 15.0 Å². The number of methoxy groups -OCH3 is 1. The molecule has 0 amide bonds. The number of nitrogens with one attached hydrogen (secondary N) is 1. The molecule has 1 saturated heterocycles. The Kier molecular flexibility index (Phi) is 4.93. The van der Waals surface area contributed by atoms with Crippen LogP contribution in [0, 0.1) is 0 Å². The van der Waals surface area contributed by atoms with Gasteiger partial charge in [0.15, 0.2) is 0 Å². The fraction of sp³-hybridized carbons (Fsp3) is 0.261. The van der Waals surface area contributed by atoms with Crippen molar-refractivity contribution in [2.75, 3.05) is 30.4 Å². The molecule has 0 atom stereocenters. The van der Waals surface area contributed by atoms with Crippen LogP contribution in [0.5, 0.6) is 5.75 Å². The number of hydrogen-bond donors (Lipinski definition) is 1. The summed E-state index contributed by atoms with van der Waals surface area (Å²) in [6.45, 7) is 2.92. The predicted octanol–water partition coefficient (Wildman–Crippen LogP) is 4.01. The van der Waals surface area contributed by atoms with Gasteiger partial charge in [-0.05, 0) is 36.6 Å². The van der Waals surface area contributed by atoms with Gasteiger partial charge in [0.2, 0.25) is 0 Å². The van der Waals surface area contributed by atoms with Crippen LogP contribution in [0.4, 0.5) is 11.5 Å². The highest BCUT2D eigenvalue weighted by Crippen LogP contribution is 2.25. The van der Waals surface area contributed by atoms with Crippen molar-refractivity contribution in [3.8, 4) is 17.0 Å². The van der Waals surface area contributed by atoms with Crippen molar-refractivity contribution in [3.05, 3.63) is 66.9 Å². The van der Waals surface area contributed by atoms with Crippen LogP contribution in [-0.2, 0) is 6.54 Å². The van der Waals surface area contributed by atoms with E-state index in [0.29, 0.717) is 6.54 Å². The van der Waals surface area contributed by atoms with Gasteiger partial charge >= 0.3 is 0 Å². The lowest BCUT2D eigenvalue weighted by Crippen LogP contribution is -2.18. The van der Waals surface area contributed by atoms with E-state index in [9.17, 15) is 0 Å². The largest absolute Gasteiger partial charge is 0.497 e. The third-order valence-corrected chi connectivity index (χ3v) is 5.49. The van der Waals surface area contributed by atoms with Gasteiger partial charge in [0.25, 0.3) is 0 Å². The molecular weight excluding hydrogens is 376 g/mol. The van der Waals surface area contributed by atoms with Crippen molar-refractivity contribution < 1.29 is 4.74 Å². The van der Waals surface area contributed by atoms with Crippen molar-refractivity contribution in [1.82, 2.24) is 19.4 Å². The first-order valence-electron chi connectivity index (χ1n) is 10.2. The van der Waals surface area contributed by atoms with E-state index in [1.807, 2.05) is 47.5 Å². The molecule has 0 unspecified atom stereocenters. The van der Waals surface area contributed by atoms with Crippen LogP contribution in [0.15, 0.2) is 61.3 Å². The Balaban J connectivity index is 1.30. The molecule has 5 heterocycles. The Labute approximate surface area is 175 Å². The van der Waals surface area contributed by atoms with Gasteiger partial charge in [-0.1, -0.05) is 6.07 Å². The van der Waals surface area contributed by atoms with Gasteiger partial charge in [-0.3, -0.25) is 9.38 Å². The van der Waals surface area contributed by atoms with E-state index in [-0.39, 0.29) is 0 Å². The maximum absolute atomic E-state index is 5.28. The lowest BCUT2D eigenvalue weighted by atomic mass is 10.2. The molecule has 0 bridgehead atoms. The van der Waals surface area contributed by atoms with Crippen LogP contribution in [0.2, 0.25) is 0 Å². The molecule has 1 fully saturated rings. The molecule has 0 radical (unpaired) electrons. The van der Waals surface area contributed by atoms with Crippen LogP contribution >= 0.6 is 0 Å². The first-order chi connectivity index (χ1) is 14.8. The van der Waals surface area contributed by atoms with Gasteiger partial charge in [0.1, 0.15) is 17.2 Å². The molecule has 1 aliphatic heterocycles. The fourth-order valence-corrected chi connectivity index (χ4v) is 3.84. The third kappa shape index (κ3) is 3.66. The normalized spacial score (nSPS) is 13.7. The summed E-state index contributed by atoms with van der Waals surface area (Å²) >= 11 is 0. The van der Waals surface area contributed by atoms with E-state index in [2.05, 4.69) is 43.4 Å². The maximum atomic E-state index is 5.28. The zero-order chi connectivity index (χ0) is 20.3. The zero-order valence-corrected chi connectivity index (χ0v) is 17.0. The minimum Gasteiger partial charge on any atom is -0.497 e. The van der Waals surface area contributed by atoms with Crippen molar-refractivity contribution in [3.63, 3.8) is 0 Å². The number of ether oxygens (including phenoxy) is 1. The summed E-state index contributed by atoms with van der Waals surface area (Å²) in [7, 11) is 1.66. The molecule has 0 saturated carbocycles. The van der Waals surface area contributed by atoms with Gasteiger partial charge in [-0.25, -0.2) is 9.97 Å². The Morgan fingerprint density at radius 2 is 1.90 bits per heavy atom. The van der Waals surface area contributed by atoms with Crippen molar-refractivity contribution >= 4 is 17.2 Å². The van der Waals surface area contributed by atoms with Crippen LogP contribution in [-0.4, -0.2) is 39.6 Å². The van der Waals surface area contributed by atoms with Gasteiger partial charge in [0, 0.05) is 56.1 Å². The Morgan fingerprint density at radius 1 is 1.00 bits per heavy atom. The lowest BCUT2D eigenvalue weighted by molar-refractivity contribution is 0.414. The second-order valence-electron chi connectivity index (χ2n) is 7.47. The lowest BCUT2D eigenvalue weighted by Gasteiger charge is -2.16. The third-order valence-electron chi connectivity index (χ3n) is 5.49. The van der Waals surface area contributed by atoms with E-state index in [4.69, 9.17) is 4.74 Å². The number of anilines is 2. The average molecular weight is 400 g/mol. The molecule has 0 aliphatic carbocycles. The zero-order valence-electron chi connectivity index (χ0n) is 17.0. The van der Waals surface area contributed by atoms with E-state index in [1.165, 1.54) is 12.8 Å². The van der Waals surface area contributed by atoms with Crippen molar-refractivity contribution in [2.24, 2.45) is 0 Å². The quantitative estimate of drug-likeness (QED) is 0.527. The number of imidazole rings is 1. The highest BCUT2D eigenvalue weighted by atomic mass is 16.5. The molecule has 7 nitrogen and oxygen atoms in total. The van der Waals surface area contributed by atoms with Crippen molar-refractivity contribution in [1.29, 1.82) is 0 Å². The molecule has 152 valence electrons. The number of pyridine rings is 3. The molecule has 30 heavy (non-hydrogen) atoms. The second-order valence-corrected chi connectivity index (χ2v) is 7.47. The molecule has 4 aromatic heterocycles. The minimum absolute atomic E-state index is 0.697. The summed E-state index contributed by atoms with van der Waals surface area (Å²) < 4.78 is 7.32. The molecular formula is C23H24N6O. The van der Waals surface area contributed by atoms with Crippen molar-refractivity contribution in [2.45, 2.75) is 19.4 Å². The maximum Gasteiger partial charge on any atom is 0.140 e. The fourth-order valence-electron chi connectivity index (χ4n) is 3.84. The number of hydrogen-bond acceptors (Lipinski definition) is 6. The molecule has 0 aromatic carbocycles. The van der Waals surface area contributed by atoms with Gasteiger partial charge in [0.05, 0.1) is 24.7 Å². The number of nitrogens with zero attached hydrogens (tertiary/aromatic N) is 5. The van der Waals surface area contributed by atoms with E-state index >= 15 is 0 Å². The van der Waals surface area contributed by atoms with Gasteiger partial charge in [-0.2, -0.15) is 0 Å². The molecule has 5 rings (SSSR count). The molecule has 7 heteroatoms. The Morgan fingerprint density at radius 3 is 2.70 bits per heavy atom. The monoisotopic (exact) mass is 400 g/mol. The second kappa shape index (κ2) is 8.02. The van der Waals surface area contributed by atoms with Crippen LogP contribution in [0.1, 0.15) is 18.4 Å². The average Bonchev–Trinajstić information content (AvgIpc) is 3.48. The number of aromatic nitrogens is 4. The van der Waals surface area contributed by atoms with E-state index in [0.717, 1.165) is 52.8 Å². The van der Waals surface area contributed by atoms with Crippen LogP contribution in [0.3, 0.4) is 0 Å². The van der Waals surface area contributed by atoms with E-state index < -0.39 is 0 Å². The van der Waals surface area contributed by atoms with Crippen LogP contribution in [0.25, 0.3) is 16.9 Å². The first kappa shape index (κ1) is 18.4. The van der Waals surface area contributed by atoms with Gasteiger partial charge in [-0.15, -0.1) is 0 Å². The minimum atomic E-state index is 0.697. The summed E-state index contributed by atoms with van der Waals surface area (Å²) in [6, 6.07) is 10.2. The molecule has 0 spiro atoms. The molecule has 1 aliphatic rings. The summed E-state index contributed by atoms with van der Waals surface area (Å²) in [5.41, 5.74) is 4.93. The Hall–Kier alpha value is -3.61.